The number of aromatic nitrogens is 2. The van der Waals surface area contributed by atoms with Crippen LogP contribution in [-0.2, 0) is 0 Å². The summed E-state index contributed by atoms with van der Waals surface area (Å²) in [5.41, 5.74) is -0.0396. The van der Waals surface area contributed by atoms with Crippen LogP contribution in [0.3, 0.4) is 0 Å². The molecule has 6 heteroatoms. The van der Waals surface area contributed by atoms with E-state index in [1.165, 1.54) is 6.07 Å². The Morgan fingerprint density at radius 1 is 1.50 bits per heavy atom. The van der Waals surface area contributed by atoms with E-state index in [-0.39, 0.29) is 5.69 Å². The van der Waals surface area contributed by atoms with Crippen molar-refractivity contribution >= 4 is 11.8 Å². The van der Waals surface area contributed by atoms with Crippen molar-refractivity contribution in [3.63, 3.8) is 0 Å². The topological polar surface area (TPSA) is 87.1 Å². The van der Waals surface area contributed by atoms with Crippen LogP contribution >= 0.6 is 0 Å². The number of carboxylic acid groups (broad SMARTS) is 1. The number of rotatable bonds is 3. The summed E-state index contributed by atoms with van der Waals surface area (Å²) in [5.74, 6) is -0.448. The van der Waals surface area contributed by atoms with Gasteiger partial charge in [-0.2, -0.15) is 0 Å². The van der Waals surface area contributed by atoms with E-state index in [1.54, 1.807) is 6.07 Å². The van der Waals surface area contributed by atoms with Crippen LogP contribution in [-0.4, -0.2) is 40.4 Å². The maximum Gasteiger partial charge on any atom is 0.356 e. The van der Waals surface area contributed by atoms with Gasteiger partial charge >= 0.3 is 5.97 Å². The van der Waals surface area contributed by atoms with Crippen molar-refractivity contribution in [2.24, 2.45) is 0 Å². The van der Waals surface area contributed by atoms with Crippen molar-refractivity contribution < 1.29 is 9.90 Å². The number of hydrogen-bond donors (Lipinski definition) is 3. The molecule has 0 atom stereocenters. The fourth-order valence-corrected chi connectivity index (χ4v) is 1.12. The van der Waals surface area contributed by atoms with Gasteiger partial charge < -0.3 is 15.7 Å². The Morgan fingerprint density at radius 2 is 2.29 bits per heavy atom. The molecule has 1 fully saturated rings. The van der Waals surface area contributed by atoms with Gasteiger partial charge in [0.15, 0.2) is 5.69 Å². The van der Waals surface area contributed by atoms with Crippen molar-refractivity contribution in [2.75, 3.05) is 18.4 Å². The lowest BCUT2D eigenvalue weighted by Gasteiger charge is -2.28. The van der Waals surface area contributed by atoms with Gasteiger partial charge in [-0.05, 0) is 12.1 Å². The van der Waals surface area contributed by atoms with E-state index in [9.17, 15) is 4.79 Å². The van der Waals surface area contributed by atoms with E-state index in [2.05, 4.69) is 20.8 Å². The average molecular weight is 194 g/mol. The van der Waals surface area contributed by atoms with Gasteiger partial charge in [0.1, 0.15) is 5.82 Å². The van der Waals surface area contributed by atoms with Crippen LogP contribution in [0, 0.1) is 0 Å². The number of nitrogens with zero attached hydrogens (tertiary/aromatic N) is 2. The first-order valence-corrected chi connectivity index (χ1v) is 4.30. The molecule has 1 aromatic heterocycles. The molecular weight excluding hydrogens is 184 g/mol. The van der Waals surface area contributed by atoms with Crippen LogP contribution in [0.15, 0.2) is 12.1 Å². The highest BCUT2D eigenvalue weighted by molar-refractivity contribution is 5.85. The second-order valence-electron chi connectivity index (χ2n) is 3.11. The van der Waals surface area contributed by atoms with Crippen LogP contribution in [0.25, 0.3) is 0 Å². The molecule has 2 heterocycles. The van der Waals surface area contributed by atoms with Gasteiger partial charge in [0, 0.05) is 13.1 Å². The Hall–Kier alpha value is -1.69. The van der Waals surface area contributed by atoms with Gasteiger partial charge in [-0.15, -0.1) is 10.2 Å². The minimum atomic E-state index is -1.06. The van der Waals surface area contributed by atoms with Crippen LogP contribution in [0.1, 0.15) is 10.5 Å². The highest BCUT2D eigenvalue weighted by Gasteiger charge is 2.16. The first kappa shape index (κ1) is 8.89. The van der Waals surface area contributed by atoms with Crippen molar-refractivity contribution in [3.05, 3.63) is 17.8 Å². The summed E-state index contributed by atoms with van der Waals surface area (Å²) < 4.78 is 0. The molecule has 0 aliphatic carbocycles. The molecule has 14 heavy (non-hydrogen) atoms. The lowest BCUT2D eigenvalue weighted by molar-refractivity contribution is 0.0689. The van der Waals surface area contributed by atoms with E-state index >= 15 is 0 Å². The molecule has 0 unspecified atom stereocenters. The molecule has 1 saturated heterocycles. The first-order valence-electron chi connectivity index (χ1n) is 4.30. The number of aromatic carboxylic acids is 1. The van der Waals surface area contributed by atoms with Gasteiger partial charge in [0.2, 0.25) is 0 Å². The Morgan fingerprint density at radius 3 is 2.71 bits per heavy atom. The third-order valence-corrected chi connectivity index (χ3v) is 2.02. The molecular formula is C8H10N4O2. The molecule has 1 aliphatic heterocycles. The third-order valence-electron chi connectivity index (χ3n) is 2.02. The van der Waals surface area contributed by atoms with Crippen molar-refractivity contribution in [1.29, 1.82) is 0 Å². The number of hydrogen-bond acceptors (Lipinski definition) is 5. The summed E-state index contributed by atoms with van der Waals surface area (Å²) in [5, 5.41) is 22.1. The Bertz CT molecular complexity index is 334. The number of nitrogens with one attached hydrogen (secondary N) is 2. The van der Waals surface area contributed by atoms with Crippen LogP contribution in [0.2, 0.25) is 0 Å². The molecule has 0 amide bonds. The van der Waals surface area contributed by atoms with E-state index in [1.807, 2.05) is 0 Å². The second-order valence-corrected chi connectivity index (χ2v) is 3.11. The first-order chi connectivity index (χ1) is 6.75. The van der Waals surface area contributed by atoms with Crippen LogP contribution < -0.4 is 10.6 Å². The van der Waals surface area contributed by atoms with E-state index in [0.717, 1.165) is 13.1 Å². The minimum Gasteiger partial charge on any atom is -0.476 e. The van der Waals surface area contributed by atoms with E-state index in [4.69, 9.17) is 5.11 Å². The lowest BCUT2D eigenvalue weighted by atomic mass is 10.2. The zero-order valence-electron chi connectivity index (χ0n) is 7.40. The maximum atomic E-state index is 10.5. The van der Waals surface area contributed by atoms with Crippen molar-refractivity contribution in [3.8, 4) is 0 Å². The van der Waals surface area contributed by atoms with Gasteiger partial charge in [-0.1, -0.05) is 0 Å². The summed E-state index contributed by atoms with van der Waals surface area (Å²) in [6.45, 7) is 1.81. The third kappa shape index (κ3) is 1.80. The number of carbonyl (C=O) groups is 1. The second kappa shape index (κ2) is 3.59. The number of carboxylic acids is 1. The van der Waals surface area contributed by atoms with Gasteiger partial charge in [-0.3, -0.25) is 0 Å². The largest absolute Gasteiger partial charge is 0.476 e. The monoisotopic (exact) mass is 194 g/mol. The normalized spacial score (nSPS) is 16.0. The van der Waals surface area contributed by atoms with Crippen LogP contribution in [0.4, 0.5) is 5.82 Å². The lowest BCUT2D eigenvalue weighted by Crippen LogP contribution is -2.51. The predicted octanol–water partition coefficient (Wildman–Crippen LogP) is -0.442. The van der Waals surface area contributed by atoms with Crippen molar-refractivity contribution in [2.45, 2.75) is 6.04 Å². The Kier molecular flexibility index (Phi) is 2.28. The summed E-state index contributed by atoms with van der Waals surface area (Å²) in [7, 11) is 0. The molecule has 0 radical (unpaired) electrons. The minimum absolute atomic E-state index is 0.0396. The zero-order valence-corrected chi connectivity index (χ0v) is 7.40. The molecule has 0 aromatic carbocycles. The van der Waals surface area contributed by atoms with Gasteiger partial charge in [0.05, 0.1) is 6.04 Å². The molecule has 0 bridgehead atoms. The molecule has 1 aliphatic rings. The maximum absolute atomic E-state index is 10.5. The Balaban J connectivity index is 2.01. The summed E-state index contributed by atoms with van der Waals surface area (Å²) in [4.78, 5) is 10.5. The molecule has 6 nitrogen and oxygen atoms in total. The molecule has 74 valence electrons. The van der Waals surface area contributed by atoms with E-state index in [0.29, 0.717) is 11.9 Å². The predicted molar refractivity (Wildman–Crippen MR) is 49.3 cm³/mol. The van der Waals surface area contributed by atoms with Gasteiger partial charge in [-0.25, -0.2) is 4.79 Å². The molecule has 3 N–H and O–H groups in total. The molecule has 0 saturated carbocycles. The van der Waals surface area contributed by atoms with Crippen LogP contribution in [0.5, 0.6) is 0 Å². The number of anilines is 1. The van der Waals surface area contributed by atoms with E-state index < -0.39 is 5.97 Å². The molecule has 2 rings (SSSR count). The highest BCUT2D eigenvalue weighted by Crippen LogP contribution is 2.05. The standard InChI is InChI=1S/C8H10N4O2/c13-8(14)6-1-2-7(12-11-6)10-5-3-9-4-5/h1-2,5,9H,3-4H2,(H,10,12)(H,13,14). The highest BCUT2D eigenvalue weighted by atomic mass is 16.4. The quantitative estimate of drug-likeness (QED) is 0.604. The molecule has 1 aromatic rings. The smallest absolute Gasteiger partial charge is 0.356 e. The summed E-state index contributed by atoms with van der Waals surface area (Å²) in [6.07, 6.45) is 0. The summed E-state index contributed by atoms with van der Waals surface area (Å²) >= 11 is 0. The average Bonchev–Trinajstić information content (AvgIpc) is 2.12. The fourth-order valence-electron chi connectivity index (χ4n) is 1.12. The summed E-state index contributed by atoms with van der Waals surface area (Å²) in [6, 6.07) is 3.43. The van der Waals surface area contributed by atoms with Crippen molar-refractivity contribution in [1.82, 2.24) is 15.5 Å². The van der Waals surface area contributed by atoms with Gasteiger partial charge in [0.25, 0.3) is 0 Å². The zero-order chi connectivity index (χ0) is 9.97. The Labute approximate surface area is 80.3 Å². The molecule has 0 spiro atoms. The fraction of sp³-hybridized carbons (Fsp3) is 0.375. The SMILES string of the molecule is O=C(O)c1ccc(NC2CNC2)nn1.